The van der Waals surface area contributed by atoms with Crippen molar-refractivity contribution >= 4 is 92.2 Å². The Morgan fingerprint density at radius 2 is 1.55 bits per heavy atom. The lowest BCUT2D eigenvalue weighted by Crippen LogP contribution is -2.60. The second-order valence-corrected chi connectivity index (χ2v) is 20.6. The Morgan fingerprint density at radius 1 is 0.851 bits per heavy atom. The van der Waals surface area contributed by atoms with Crippen molar-refractivity contribution in [2.75, 3.05) is 32.0 Å². The normalized spacial score (nSPS) is 27.4. The van der Waals surface area contributed by atoms with Gasteiger partial charge >= 0.3 is 0 Å². The molecule has 9 amide bonds. The Hall–Kier alpha value is -7.03. The molecule has 2 aromatic rings. The van der Waals surface area contributed by atoms with Crippen molar-refractivity contribution in [3.8, 4) is 0 Å². The Morgan fingerprint density at radius 3 is 2.22 bits per heavy atom. The number of primary amides is 1. The van der Waals surface area contributed by atoms with Crippen LogP contribution in [0.4, 0.5) is 0 Å². The molecule has 1 aromatic heterocycles. The summed E-state index contributed by atoms with van der Waals surface area (Å²) in [6.45, 7) is 1.95. The molecule has 2 bridgehead atoms. The molecule has 1 saturated heterocycles. The topological polar surface area (TPSA) is 391 Å². The van der Waals surface area contributed by atoms with E-state index in [9.17, 15) is 77.1 Å². The molecule has 400 valence electrons. The maximum atomic E-state index is 15.0. The number of rotatable bonds is 11. The number of imide groups is 1. The molecule has 4 aliphatic heterocycles. The van der Waals surface area contributed by atoms with Crippen LogP contribution in [0.3, 0.4) is 0 Å². The number of Topliss-reactive ketones (excluding diaryl/α,β-unsaturated/α-hetero) is 3. The van der Waals surface area contributed by atoms with Gasteiger partial charge in [0.15, 0.2) is 17.3 Å². The summed E-state index contributed by atoms with van der Waals surface area (Å²) in [6, 6.07) is -3.59. The van der Waals surface area contributed by atoms with E-state index in [1.54, 1.807) is 13.8 Å². The number of nitrogens with zero attached hydrogens (tertiary/aromatic N) is 2. The molecule has 11 atom stereocenters. The number of fused-ring (bicyclic) bond motifs is 5. The molecular weight excluding hydrogens is 991 g/mol. The van der Waals surface area contributed by atoms with E-state index in [4.69, 9.17) is 5.73 Å². The number of hydrogen-bond donors (Lipinski definition) is 10. The molecule has 4 aliphatic rings. The molecule has 11 N–H and O–H groups in total. The third-order valence-electron chi connectivity index (χ3n) is 13.8. The van der Waals surface area contributed by atoms with E-state index in [1.165, 1.54) is 25.1 Å². The summed E-state index contributed by atoms with van der Waals surface area (Å²) in [7, 11) is -2.42. The number of aromatic nitrogens is 1. The summed E-state index contributed by atoms with van der Waals surface area (Å²) in [6.07, 6.45) is -4.60. The van der Waals surface area contributed by atoms with Crippen molar-refractivity contribution in [1.82, 2.24) is 41.4 Å². The number of aliphatic hydroxyl groups excluding tert-OH is 3. The molecule has 25 nitrogen and oxygen atoms in total. The van der Waals surface area contributed by atoms with E-state index in [1.807, 2.05) is 0 Å². The first kappa shape index (κ1) is 56.3. The Kier molecular flexibility index (Phi) is 18.5. The van der Waals surface area contributed by atoms with Gasteiger partial charge in [-0.1, -0.05) is 33.3 Å². The lowest BCUT2D eigenvalue weighted by Gasteiger charge is -2.32. The second-order valence-electron chi connectivity index (χ2n) is 19.2. The van der Waals surface area contributed by atoms with Crippen LogP contribution in [0.15, 0.2) is 35.4 Å². The van der Waals surface area contributed by atoms with Crippen LogP contribution in [0.5, 0.6) is 0 Å². The van der Waals surface area contributed by atoms with Gasteiger partial charge in [-0.05, 0) is 29.2 Å². The molecule has 0 saturated carbocycles. The van der Waals surface area contributed by atoms with Gasteiger partial charge in [-0.25, -0.2) is 0 Å². The lowest BCUT2D eigenvalue weighted by atomic mass is 9.92. The van der Waals surface area contributed by atoms with Gasteiger partial charge in [-0.15, -0.1) is 0 Å². The van der Waals surface area contributed by atoms with E-state index in [-0.39, 0.29) is 27.9 Å². The van der Waals surface area contributed by atoms with Crippen molar-refractivity contribution in [2.24, 2.45) is 23.5 Å². The first-order valence-electron chi connectivity index (χ1n) is 24.1. The molecule has 3 unspecified atom stereocenters. The van der Waals surface area contributed by atoms with Crippen LogP contribution < -0.4 is 32.3 Å². The van der Waals surface area contributed by atoms with E-state index in [0.717, 1.165) is 22.0 Å². The SMILES string of the molecule is CC[C@H](C)[C@@H]1NC(=O)CNC(=O)[C@H]2Cc3c([nH]c4ccc(CC(=O)CN5C(=O)C=CC5=O)cc34)S(=O)C[C@H](NC(=O)CCC1=O)C(=O)C[C@@H](CC(N)=O)C(=O)N1C[C@H](O)C[C@H]1C(=O)N[C@@H](C(C)C(O)CO)C(=O)N2. The Balaban J connectivity index is 1.55. The van der Waals surface area contributed by atoms with Gasteiger partial charge in [0.2, 0.25) is 41.4 Å². The summed E-state index contributed by atoms with van der Waals surface area (Å²) < 4.78 is 15.0. The first-order chi connectivity index (χ1) is 35.0. The van der Waals surface area contributed by atoms with Crippen LogP contribution >= 0.6 is 0 Å². The molecule has 1 aromatic carbocycles. The minimum atomic E-state index is -2.42. The van der Waals surface area contributed by atoms with Gasteiger partial charge in [-0.2, -0.15) is 0 Å². The fourth-order valence-electron chi connectivity index (χ4n) is 9.39. The number of benzene rings is 1. The van der Waals surface area contributed by atoms with Crippen LogP contribution in [0.2, 0.25) is 0 Å². The van der Waals surface area contributed by atoms with Crippen LogP contribution in [-0.2, 0) is 81.2 Å². The number of nitrogens with two attached hydrogens (primary N) is 1. The van der Waals surface area contributed by atoms with Crippen LogP contribution in [0.25, 0.3) is 10.9 Å². The predicted molar refractivity (Wildman–Crippen MR) is 258 cm³/mol. The zero-order valence-corrected chi connectivity index (χ0v) is 41.7. The molecule has 1 fully saturated rings. The highest BCUT2D eigenvalue weighted by atomic mass is 32.2. The number of aliphatic hydroxyl groups is 3. The predicted octanol–water partition coefficient (Wildman–Crippen LogP) is -4.27. The smallest absolute Gasteiger partial charge is 0.254 e. The number of nitrogens with one attached hydrogen (secondary N) is 6. The van der Waals surface area contributed by atoms with Crippen LogP contribution in [0, 0.1) is 17.8 Å². The van der Waals surface area contributed by atoms with Crippen molar-refractivity contribution < 1.29 is 77.1 Å². The Bertz CT molecular complexity index is 2670. The second kappa shape index (κ2) is 24.3. The van der Waals surface area contributed by atoms with Gasteiger partial charge in [-0.3, -0.25) is 66.6 Å². The van der Waals surface area contributed by atoms with Crippen molar-refractivity contribution in [3.63, 3.8) is 0 Å². The average molecular weight is 1050 g/mol. The van der Waals surface area contributed by atoms with Crippen LogP contribution in [0.1, 0.15) is 70.4 Å². The monoisotopic (exact) mass is 1050 g/mol. The first-order valence-corrected chi connectivity index (χ1v) is 25.5. The molecule has 0 aliphatic carbocycles. The van der Waals surface area contributed by atoms with Gasteiger partial charge in [0, 0.05) is 80.5 Å². The quantitative estimate of drug-likeness (QED) is 0.0953. The minimum Gasteiger partial charge on any atom is -0.394 e. The maximum Gasteiger partial charge on any atom is 0.254 e. The standard InChI is InChI=1S/C48H61N9O16S/c1-4-22(2)42-34(61)7-8-38(65)51-32-21-74(73)47-29(28-12-24(5-6-30(28)53-47)11-26(59)19-57-40(67)9-10-41(57)68)16-31(44(69)50-17-39(66)54-42)52-46(71)43(23(3)36(63)20-58)55-45(70)33-15-27(60)18-56(33)48(72)25(13-35(32)62)14-37(49)64/h5-6,9-10,12,22-23,25,27,31-33,36,42-43,53,58,60,63H,4,7-8,11,13-21H2,1-3H3,(H2,49,64)(H,50,69)(H,51,65)(H,52,71)(H,54,66)(H,55,70)/t22-,23?,25-,27+,31+,32-,33-,36?,42-,43-,74?/m0/s1. The van der Waals surface area contributed by atoms with Gasteiger partial charge in [0.1, 0.15) is 23.2 Å². The number of hydrogen-bond acceptors (Lipinski definition) is 16. The third kappa shape index (κ3) is 13.4. The van der Waals surface area contributed by atoms with Crippen molar-refractivity contribution in [3.05, 3.63) is 41.5 Å². The molecule has 6 rings (SSSR count). The summed E-state index contributed by atoms with van der Waals surface area (Å²) in [5, 5.41) is 44.3. The maximum absolute atomic E-state index is 15.0. The number of ketones is 3. The van der Waals surface area contributed by atoms with E-state index in [0.29, 0.717) is 12.0 Å². The fourth-order valence-corrected chi connectivity index (χ4v) is 10.8. The minimum absolute atomic E-state index is 0.0233. The highest BCUT2D eigenvalue weighted by Gasteiger charge is 2.45. The van der Waals surface area contributed by atoms with E-state index in [2.05, 4.69) is 31.6 Å². The summed E-state index contributed by atoms with van der Waals surface area (Å²) in [4.78, 5) is 168. The number of H-pyrrole nitrogens is 1. The zero-order chi connectivity index (χ0) is 54.3. The number of amides is 9. The molecule has 74 heavy (non-hydrogen) atoms. The highest BCUT2D eigenvalue weighted by molar-refractivity contribution is 7.85. The average Bonchev–Trinajstić information content (AvgIpc) is 4.03. The van der Waals surface area contributed by atoms with Gasteiger partial charge in [0.05, 0.1) is 66.5 Å². The summed E-state index contributed by atoms with van der Waals surface area (Å²) in [5.74, 6) is -14.7. The van der Waals surface area contributed by atoms with Gasteiger partial charge in [0.25, 0.3) is 11.8 Å². The molecular formula is C48H61N9O16S. The number of carbonyl (C=O) groups excluding carboxylic acids is 12. The number of aromatic amines is 1. The third-order valence-corrected chi connectivity index (χ3v) is 15.2. The summed E-state index contributed by atoms with van der Waals surface area (Å²) >= 11 is 0. The van der Waals surface area contributed by atoms with E-state index < -0.39 is 212 Å². The Labute approximate surface area is 426 Å². The molecule has 0 radical (unpaired) electrons. The molecule has 5 heterocycles. The largest absolute Gasteiger partial charge is 0.394 e. The highest BCUT2D eigenvalue weighted by Crippen LogP contribution is 2.30. The van der Waals surface area contributed by atoms with Crippen molar-refractivity contribution in [2.45, 2.75) is 120 Å². The molecule has 0 spiro atoms. The fraction of sp³-hybridized carbons (Fsp3) is 0.542. The molecule has 26 heteroatoms. The summed E-state index contributed by atoms with van der Waals surface area (Å²) in [5.41, 5.74) is 6.12. The van der Waals surface area contributed by atoms with Gasteiger partial charge < -0.3 is 57.5 Å². The van der Waals surface area contributed by atoms with E-state index >= 15 is 0 Å². The lowest BCUT2D eigenvalue weighted by molar-refractivity contribution is -0.145. The van der Waals surface area contributed by atoms with Crippen LogP contribution in [-0.4, -0.2) is 179 Å². The zero-order valence-electron chi connectivity index (χ0n) is 40.9. The van der Waals surface area contributed by atoms with Crippen molar-refractivity contribution in [1.29, 1.82) is 0 Å². The number of carbonyl (C=O) groups is 12.